The molecule has 23 heavy (non-hydrogen) atoms. The Hall–Kier alpha value is -2.24. The molecule has 1 aromatic carbocycles. The third-order valence-corrected chi connectivity index (χ3v) is 3.99. The lowest BCUT2D eigenvalue weighted by Gasteiger charge is -2.12. The lowest BCUT2D eigenvalue weighted by molar-refractivity contribution is -0.133. The number of alkyl halides is 3. The number of aryl methyl sites for hydroxylation is 1. The summed E-state index contributed by atoms with van der Waals surface area (Å²) in [5.74, 6) is 0.477. The number of furan rings is 1. The molecule has 1 aromatic heterocycles. The van der Waals surface area contributed by atoms with Gasteiger partial charge in [-0.3, -0.25) is 4.79 Å². The Morgan fingerprint density at radius 1 is 1.22 bits per heavy atom. The third kappa shape index (κ3) is 3.94. The lowest BCUT2D eigenvalue weighted by atomic mass is 10.1. The highest BCUT2D eigenvalue weighted by molar-refractivity contribution is 5.95. The van der Waals surface area contributed by atoms with Gasteiger partial charge in [-0.05, 0) is 36.6 Å². The Labute approximate surface area is 131 Å². The van der Waals surface area contributed by atoms with Gasteiger partial charge in [-0.15, -0.1) is 0 Å². The molecule has 0 spiro atoms. The summed E-state index contributed by atoms with van der Waals surface area (Å²) in [5.41, 5.74) is 0.945. The summed E-state index contributed by atoms with van der Waals surface area (Å²) in [7, 11) is 0. The molecule has 1 heterocycles. The molecule has 3 nitrogen and oxygen atoms in total. The minimum atomic E-state index is -4.21. The molecule has 0 aliphatic heterocycles. The van der Waals surface area contributed by atoms with Gasteiger partial charge >= 0.3 is 6.18 Å². The smallest absolute Gasteiger partial charge is 0.389 e. The molecule has 1 aliphatic carbocycles. The molecule has 1 fully saturated rings. The molecule has 2 atom stereocenters. The van der Waals surface area contributed by atoms with Gasteiger partial charge in [-0.1, -0.05) is 18.2 Å². The minimum absolute atomic E-state index is 0.0623. The average molecular weight is 323 g/mol. The monoisotopic (exact) mass is 323 g/mol. The fraction of sp³-hybridized carbons (Fsp3) is 0.353. The molecule has 0 unspecified atom stereocenters. The first-order chi connectivity index (χ1) is 10.9. The number of benzene rings is 1. The van der Waals surface area contributed by atoms with Crippen LogP contribution in [0.25, 0.3) is 0 Å². The predicted molar refractivity (Wildman–Crippen MR) is 79.0 cm³/mol. The molecule has 2 aromatic rings. The minimum Gasteiger partial charge on any atom is -0.469 e. The number of hydrogen-bond donors (Lipinski definition) is 1. The number of nitrogens with one attached hydrogen (secondary N) is 1. The van der Waals surface area contributed by atoms with E-state index in [-0.39, 0.29) is 24.2 Å². The first-order valence-corrected chi connectivity index (χ1v) is 7.43. The molecule has 6 heteroatoms. The van der Waals surface area contributed by atoms with Crippen molar-refractivity contribution in [2.75, 3.05) is 5.32 Å². The summed E-state index contributed by atoms with van der Waals surface area (Å²) in [6.45, 7) is 0. The normalized spacial score (nSPS) is 20.3. The summed E-state index contributed by atoms with van der Waals surface area (Å²) in [6, 6.07) is 10.2. The number of halogens is 3. The van der Waals surface area contributed by atoms with Crippen LogP contribution in [0.4, 0.5) is 18.9 Å². The van der Waals surface area contributed by atoms with Crippen molar-refractivity contribution in [1.29, 1.82) is 0 Å². The van der Waals surface area contributed by atoms with Crippen molar-refractivity contribution in [3.8, 4) is 0 Å². The first kappa shape index (κ1) is 15.6. The summed E-state index contributed by atoms with van der Waals surface area (Å²) >= 11 is 0. The van der Waals surface area contributed by atoms with Gasteiger partial charge in [0.15, 0.2) is 0 Å². The second-order valence-electron chi connectivity index (χ2n) is 5.73. The van der Waals surface area contributed by atoms with E-state index in [0.29, 0.717) is 17.7 Å². The van der Waals surface area contributed by atoms with Crippen molar-refractivity contribution in [2.24, 2.45) is 5.92 Å². The van der Waals surface area contributed by atoms with Crippen molar-refractivity contribution >= 4 is 11.6 Å². The fourth-order valence-electron chi connectivity index (χ4n) is 2.66. The maximum atomic E-state index is 12.4. The van der Waals surface area contributed by atoms with Crippen molar-refractivity contribution in [3.05, 3.63) is 54.0 Å². The van der Waals surface area contributed by atoms with Crippen LogP contribution >= 0.6 is 0 Å². The van der Waals surface area contributed by atoms with Crippen molar-refractivity contribution < 1.29 is 22.4 Å². The summed E-state index contributed by atoms with van der Waals surface area (Å²) < 4.78 is 42.4. The van der Waals surface area contributed by atoms with Crippen LogP contribution in [0.15, 0.2) is 47.1 Å². The standard InChI is InChI=1S/C17H16F3NO2/c18-17(19,20)8-7-11-4-1-2-5-14(11)21-16(22)13-10-12(13)15-6-3-9-23-15/h1-6,9,12-13H,7-8,10H2,(H,21,22)/t12-,13-/m1/s1. The highest BCUT2D eigenvalue weighted by Crippen LogP contribution is 2.48. The van der Waals surface area contributed by atoms with Crippen LogP contribution in [0.1, 0.15) is 30.1 Å². The van der Waals surface area contributed by atoms with Crippen LogP contribution in [0.5, 0.6) is 0 Å². The molecule has 0 radical (unpaired) electrons. The lowest BCUT2D eigenvalue weighted by Crippen LogP contribution is -2.16. The molecular formula is C17H16F3NO2. The van der Waals surface area contributed by atoms with E-state index in [9.17, 15) is 18.0 Å². The van der Waals surface area contributed by atoms with Gasteiger partial charge in [0.05, 0.1) is 6.26 Å². The van der Waals surface area contributed by atoms with Crippen LogP contribution in [0.2, 0.25) is 0 Å². The van der Waals surface area contributed by atoms with E-state index in [1.165, 1.54) is 0 Å². The number of hydrogen-bond acceptors (Lipinski definition) is 2. The highest BCUT2D eigenvalue weighted by Gasteiger charge is 2.45. The molecule has 1 amide bonds. The molecular weight excluding hydrogens is 307 g/mol. The van der Waals surface area contributed by atoms with Crippen LogP contribution < -0.4 is 5.32 Å². The number of rotatable bonds is 5. The van der Waals surface area contributed by atoms with Gasteiger partial charge in [0.25, 0.3) is 0 Å². The zero-order valence-electron chi connectivity index (χ0n) is 12.3. The Morgan fingerprint density at radius 3 is 2.70 bits per heavy atom. The Kier molecular flexibility index (Phi) is 4.15. The van der Waals surface area contributed by atoms with E-state index in [1.807, 2.05) is 6.07 Å². The van der Waals surface area contributed by atoms with Crippen LogP contribution in [0, 0.1) is 5.92 Å². The van der Waals surface area contributed by atoms with Crippen molar-refractivity contribution in [1.82, 2.24) is 0 Å². The Balaban J connectivity index is 1.63. The zero-order chi connectivity index (χ0) is 16.4. The van der Waals surface area contributed by atoms with E-state index < -0.39 is 12.6 Å². The fourth-order valence-corrected chi connectivity index (χ4v) is 2.66. The third-order valence-electron chi connectivity index (χ3n) is 3.99. The maximum Gasteiger partial charge on any atom is 0.389 e. The van der Waals surface area contributed by atoms with Crippen molar-refractivity contribution in [2.45, 2.75) is 31.4 Å². The van der Waals surface area contributed by atoms with E-state index in [1.54, 1.807) is 36.6 Å². The summed E-state index contributed by atoms with van der Waals surface area (Å²) in [6.07, 6.45) is -3.00. The highest BCUT2D eigenvalue weighted by atomic mass is 19.4. The van der Waals surface area contributed by atoms with E-state index >= 15 is 0 Å². The number of para-hydroxylation sites is 1. The SMILES string of the molecule is O=C(Nc1ccccc1CCC(F)(F)F)[C@@H]1C[C@H]1c1ccco1. The molecule has 122 valence electrons. The number of carbonyl (C=O) groups excluding carboxylic acids is 1. The van der Waals surface area contributed by atoms with E-state index in [4.69, 9.17) is 4.42 Å². The number of amides is 1. The largest absolute Gasteiger partial charge is 0.469 e. The van der Waals surface area contributed by atoms with Gasteiger partial charge in [0, 0.05) is 23.9 Å². The first-order valence-electron chi connectivity index (χ1n) is 7.43. The molecule has 1 aliphatic rings. The second-order valence-corrected chi connectivity index (χ2v) is 5.73. The van der Waals surface area contributed by atoms with Crippen LogP contribution in [0.3, 0.4) is 0 Å². The van der Waals surface area contributed by atoms with Gasteiger partial charge in [-0.25, -0.2) is 0 Å². The average Bonchev–Trinajstić information content (AvgIpc) is 3.12. The number of carbonyl (C=O) groups is 1. The van der Waals surface area contributed by atoms with Gasteiger partial charge < -0.3 is 9.73 Å². The molecule has 1 saturated carbocycles. The number of anilines is 1. The Morgan fingerprint density at radius 2 is 2.00 bits per heavy atom. The zero-order valence-corrected chi connectivity index (χ0v) is 12.3. The van der Waals surface area contributed by atoms with E-state index in [2.05, 4.69) is 5.32 Å². The van der Waals surface area contributed by atoms with Gasteiger partial charge in [0.2, 0.25) is 5.91 Å². The molecule has 3 rings (SSSR count). The van der Waals surface area contributed by atoms with E-state index in [0.717, 1.165) is 5.76 Å². The topological polar surface area (TPSA) is 42.2 Å². The van der Waals surface area contributed by atoms with Gasteiger partial charge in [0.1, 0.15) is 5.76 Å². The molecule has 1 N–H and O–H groups in total. The molecule has 0 saturated heterocycles. The second kappa shape index (κ2) is 6.10. The maximum absolute atomic E-state index is 12.4. The van der Waals surface area contributed by atoms with Gasteiger partial charge in [-0.2, -0.15) is 13.2 Å². The Bertz CT molecular complexity index is 679. The quantitative estimate of drug-likeness (QED) is 0.879. The van der Waals surface area contributed by atoms with Crippen LogP contribution in [-0.2, 0) is 11.2 Å². The summed E-state index contributed by atoms with van der Waals surface area (Å²) in [4.78, 5) is 12.3. The summed E-state index contributed by atoms with van der Waals surface area (Å²) in [5, 5.41) is 2.75. The predicted octanol–water partition coefficient (Wildman–Crippen LogP) is 4.52. The molecule has 0 bridgehead atoms. The van der Waals surface area contributed by atoms with Crippen LogP contribution in [-0.4, -0.2) is 12.1 Å². The van der Waals surface area contributed by atoms with Crippen molar-refractivity contribution in [3.63, 3.8) is 0 Å².